The molecule has 4 aromatic rings. The second-order valence-corrected chi connectivity index (χ2v) is 15.7. The number of H-pyrrole nitrogens is 1. The van der Waals surface area contributed by atoms with Crippen molar-refractivity contribution in [2.24, 2.45) is 0 Å². The molecule has 0 aromatic carbocycles. The van der Waals surface area contributed by atoms with Gasteiger partial charge in [-0.1, -0.05) is 29.7 Å². The first-order valence-electron chi connectivity index (χ1n) is 12.8. The van der Waals surface area contributed by atoms with Gasteiger partial charge in [0.15, 0.2) is 17.4 Å². The molecule has 8 atom stereocenters. The Balaban J connectivity index is 1.17. The number of rotatable bonds is 2. The highest BCUT2D eigenvalue weighted by atomic mass is 32.7. The van der Waals surface area contributed by atoms with E-state index < -0.39 is 56.0 Å². The van der Waals surface area contributed by atoms with Crippen LogP contribution in [0, 0.1) is 0 Å². The number of ether oxygens (including phenoxy) is 2. The lowest BCUT2D eigenvalue weighted by atomic mass is 10.2. The maximum atomic E-state index is 13.5. The molecule has 7 heterocycles. The lowest BCUT2D eigenvalue weighted by Gasteiger charge is -2.25. The molecular weight excluding hydrogens is 650 g/mol. The van der Waals surface area contributed by atoms with Gasteiger partial charge in [-0.3, -0.25) is 27.9 Å². The number of nitrogens with zero attached hydrogens (tertiary/aromatic N) is 7. The Morgan fingerprint density at radius 3 is 2.56 bits per heavy atom. The van der Waals surface area contributed by atoms with E-state index in [-0.39, 0.29) is 43.2 Å². The molecule has 230 valence electrons. The first kappa shape index (κ1) is 29.1. The van der Waals surface area contributed by atoms with Crippen LogP contribution in [0.4, 0.5) is 11.8 Å². The summed E-state index contributed by atoms with van der Waals surface area (Å²) >= 11 is 8.34. The van der Waals surface area contributed by atoms with Crippen LogP contribution in [-0.2, 0) is 36.7 Å². The predicted octanol–water partition coefficient (Wildman–Crippen LogP) is 1.59. The van der Waals surface area contributed by atoms with Gasteiger partial charge < -0.3 is 25.5 Å². The van der Waals surface area contributed by atoms with Crippen LogP contribution >= 0.6 is 38.1 Å². The number of aromatic nitrogens is 8. The van der Waals surface area contributed by atoms with Crippen molar-refractivity contribution >= 4 is 72.1 Å². The van der Waals surface area contributed by atoms with Crippen molar-refractivity contribution in [3.05, 3.63) is 28.9 Å². The fourth-order valence-electron chi connectivity index (χ4n) is 5.27. The molecule has 5 N–H and O–H groups in total. The molecule has 0 spiro atoms. The number of nitrogen functional groups attached to an aromatic ring is 2. The van der Waals surface area contributed by atoms with Crippen LogP contribution in [0.1, 0.15) is 25.3 Å². The fourth-order valence-corrected chi connectivity index (χ4v) is 8.30. The first-order chi connectivity index (χ1) is 20.5. The molecule has 3 fully saturated rings. The van der Waals surface area contributed by atoms with Crippen molar-refractivity contribution in [3.63, 3.8) is 0 Å². The summed E-state index contributed by atoms with van der Waals surface area (Å²) in [7, 11) is 0. The van der Waals surface area contributed by atoms with Crippen LogP contribution in [0.25, 0.3) is 22.2 Å². The number of hydrogen-bond donors (Lipinski definition) is 5. The zero-order valence-corrected chi connectivity index (χ0v) is 25.4. The number of fused-ring (bicyclic) bond motifs is 5. The van der Waals surface area contributed by atoms with Crippen molar-refractivity contribution in [3.8, 4) is 0 Å². The van der Waals surface area contributed by atoms with Gasteiger partial charge in [0, 0.05) is 19.0 Å². The maximum Gasteiger partial charge on any atom is 0.386 e. The number of thiol groups is 2. The lowest BCUT2D eigenvalue weighted by Crippen LogP contribution is -2.29. The Kier molecular flexibility index (Phi) is 7.32. The van der Waals surface area contributed by atoms with Crippen LogP contribution in [0.2, 0.25) is 0 Å². The van der Waals surface area contributed by atoms with Gasteiger partial charge in [-0.15, -0.1) is 5.10 Å². The summed E-state index contributed by atoms with van der Waals surface area (Å²) in [6.07, 6.45) is -1.98. The van der Waals surface area contributed by atoms with E-state index in [9.17, 15) is 13.9 Å². The topological polar surface area (TPSA) is 249 Å². The minimum absolute atomic E-state index is 0.00143. The van der Waals surface area contributed by atoms with E-state index >= 15 is 0 Å². The second kappa shape index (κ2) is 10.8. The van der Waals surface area contributed by atoms with Crippen molar-refractivity contribution in [2.75, 3.05) is 24.7 Å². The Morgan fingerprint density at radius 2 is 1.74 bits per heavy atom. The van der Waals surface area contributed by atoms with Crippen molar-refractivity contribution < 1.29 is 36.7 Å². The molecule has 2 bridgehead atoms. The Bertz CT molecular complexity index is 1870. The van der Waals surface area contributed by atoms with Gasteiger partial charge in [-0.05, 0) is 6.07 Å². The van der Waals surface area contributed by atoms with E-state index in [4.69, 9.17) is 39.0 Å². The zero-order chi connectivity index (χ0) is 30.1. The molecule has 3 aliphatic rings. The van der Waals surface area contributed by atoms with Crippen LogP contribution in [0.3, 0.4) is 0 Å². The SMILES string of the molecule is Nc1nc2c(nnn2[C@@H]2OC3COP(=O)(S)O[C@H]4C[C@H](n5ccc6c(N)ncnc65)O[C@@H]4COP(=O)(S)O[C@H]2C3)c(=O)[nH]1. The third kappa shape index (κ3) is 5.58. The first-order valence-corrected chi connectivity index (χ1v) is 18.2. The average molecular weight is 675 g/mol. The molecular formula is C20H24N10O9P2S2. The van der Waals surface area contributed by atoms with E-state index in [2.05, 4.69) is 54.7 Å². The number of nitrogens with one attached hydrogen (secondary N) is 1. The smallest absolute Gasteiger partial charge is 0.383 e. The highest BCUT2D eigenvalue weighted by Crippen LogP contribution is 2.60. The minimum Gasteiger partial charge on any atom is -0.383 e. The molecule has 0 amide bonds. The van der Waals surface area contributed by atoms with E-state index in [1.165, 1.54) is 11.0 Å². The zero-order valence-electron chi connectivity index (χ0n) is 21.8. The van der Waals surface area contributed by atoms with Crippen LogP contribution in [0.5, 0.6) is 0 Å². The van der Waals surface area contributed by atoms with Crippen LogP contribution in [0.15, 0.2) is 23.4 Å². The summed E-state index contributed by atoms with van der Waals surface area (Å²) in [5.74, 6) is 0.119. The third-order valence-electron chi connectivity index (χ3n) is 7.13. The summed E-state index contributed by atoms with van der Waals surface area (Å²) in [6, 6.07) is 1.74. The molecule has 3 saturated heterocycles. The molecule has 0 saturated carbocycles. The van der Waals surface area contributed by atoms with Gasteiger partial charge in [-0.2, -0.15) is 9.67 Å². The quantitative estimate of drug-likeness (QED) is 0.150. The molecule has 3 aliphatic heterocycles. The number of nitrogens with two attached hydrogens (primary N) is 2. The Hall–Kier alpha value is -2.58. The summed E-state index contributed by atoms with van der Waals surface area (Å²) in [4.78, 5) is 27.0. The summed E-state index contributed by atoms with van der Waals surface area (Å²) in [6.45, 7) is -8.66. The highest BCUT2D eigenvalue weighted by Gasteiger charge is 2.47. The van der Waals surface area contributed by atoms with E-state index in [0.29, 0.717) is 16.9 Å². The predicted molar refractivity (Wildman–Crippen MR) is 154 cm³/mol. The summed E-state index contributed by atoms with van der Waals surface area (Å²) < 4.78 is 64.8. The number of aromatic amines is 1. The largest absolute Gasteiger partial charge is 0.386 e. The van der Waals surface area contributed by atoms with Gasteiger partial charge >= 0.3 is 13.6 Å². The molecule has 23 heteroatoms. The van der Waals surface area contributed by atoms with Gasteiger partial charge in [-0.25, -0.2) is 19.1 Å². The molecule has 7 rings (SSSR count). The summed E-state index contributed by atoms with van der Waals surface area (Å²) in [5.41, 5.74) is 11.5. The van der Waals surface area contributed by atoms with Gasteiger partial charge in [0.2, 0.25) is 5.95 Å². The monoisotopic (exact) mass is 674 g/mol. The third-order valence-corrected chi connectivity index (χ3v) is 10.4. The molecule has 0 aliphatic carbocycles. The molecule has 4 aromatic heterocycles. The normalized spacial score (nSPS) is 35.4. The molecule has 19 nitrogen and oxygen atoms in total. The van der Waals surface area contributed by atoms with Crippen LogP contribution in [-0.4, -0.2) is 77.1 Å². The van der Waals surface area contributed by atoms with E-state index in [1.54, 1.807) is 16.8 Å². The van der Waals surface area contributed by atoms with E-state index in [1.807, 2.05) is 0 Å². The minimum atomic E-state index is -4.09. The maximum absolute atomic E-state index is 13.5. The average Bonchev–Trinajstić information content (AvgIpc) is 3.71. The molecule has 43 heavy (non-hydrogen) atoms. The Labute approximate surface area is 251 Å². The van der Waals surface area contributed by atoms with Crippen molar-refractivity contribution in [1.82, 2.24) is 39.5 Å². The standard InChI is InChI=1S/C20H24N10O9P2S2/c21-15-9-1-2-29(16(9)24-7-23-15)13-4-10-12(37-13)6-35-41(33,43)39-11-3-8(5-34-40(32,42)38-10)36-19(11)30-17-14(27-28-30)18(31)26-20(22)25-17/h1-2,7-8,10-13,19H,3-6H2,(H,32,42)(H,33,43)(H2,21,23,24)(H3,22,25,26,31)/t8?,10-,11-,12+,13+,19+,40?,41?/m0/s1. The van der Waals surface area contributed by atoms with E-state index in [0.717, 1.165) is 0 Å². The molecule has 3 unspecified atom stereocenters. The van der Waals surface area contributed by atoms with Gasteiger partial charge in [0.05, 0.1) is 24.7 Å². The Morgan fingerprint density at radius 1 is 0.977 bits per heavy atom. The number of anilines is 2. The van der Waals surface area contributed by atoms with Gasteiger partial charge in [0.1, 0.15) is 42.3 Å². The van der Waals surface area contributed by atoms with Crippen molar-refractivity contribution in [2.45, 2.75) is 49.7 Å². The van der Waals surface area contributed by atoms with Gasteiger partial charge in [0.25, 0.3) is 5.56 Å². The van der Waals surface area contributed by atoms with Crippen molar-refractivity contribution in [1.29, 1.82) is 0 Å². The number of hydrogen-bond acceptors (Lipinski definition) is 16. The highest BCUT2D eigenvalue weighted by molar-refractivity contribution is 8.44. The fraction of sp³-hybridized carbons (Fsp3) is 0.500. The van der Waals surface area contributed by atoms with Crippen LogP contribution < -0.4 is 17.0 Å². The summed E-state index contributed by atoms with van der Waals surface area (Å²) in [5, 5.41) is 8.44. The second-order valence-electron chi connectivity index (χ2n) is 9.94. The lowest BCUT2D eigenvalue weighted by molar-refractivity contribution is -0.0599. The molecule has 0 radical (unpaired) electrons.